The first-order valence-electron chi connectivity index (χ1n) is 5.55. The zero-order chi connectivity index (χ0) is 10.8. The highest BCUT2D eigenvalue weighted by Crippen LogP contribution is 2.44. The van der Waals surface area contributed by atoms with Gasteiger partial charge in [0.1, 0.15) is 5.01 Å². The Kier molecular flexibility index (Phi) is 3.69. The molecule has 84 valence electrons. The quantitative estimate of drug-likeness (QED) is 0.861. The molecule has 0 amide bonds. The minimum atomic E-state index is 0.151. The van der Waals surface area contributed by atoms with Crippen molar-refractivity contribution < 1.29 is 0 Å². The van der Waals surface area contributed by atoms with Crippen LogP contribution in [0.25, 0.3) is 0 Å². The normalized spacial score (nSPS) is 18.1. The largest absolute Gasteiger partial charge is 0.323 e. The molecule has 1 aromatic rings. The van der Waals surface area contributed by atoms with Crippen molar-refractivity contribution in [2.45, 2.75) is 44.4 Å². The van der Waals surface area contributed by atoms with Gasteiger partial charge in [-0.05, 0) is 25.5 Å². The molecule has 1 saturated carbocycles. The lowest BCUT2D eigenvalue weighted by Gasteiger charge is -2.02. The monoisotopic (exact) mass is 242 g/mol. The number of nitrogens with two attached hydrogens (primary N) is 1. The van der Waals surface area contributed by atoms with Crippen molar-refractivity contribution in [3.8, 4) is 0 Å². The Labute approximate surface area is 99.7 Å². The van der Waals surface area contributed by atoms with Gasteiger partial charge in [-0.25, -0.2) is 4.98 Å². The van der Waals surface area contributed by atoms with Gasteiger partial charge in [0.05, 0.1) is 5.69 Å². The fourth-order valence-electron chi connectivity index (χ4n) is 1.62. The standard InChI is InChI=1S/C11H18N2S2/c1-3-14-6-9-13-10(8-4-5-8)11(15-9)7(2)12/h7-8H,3-6,12H2,1-2H3. The van der Waals surface area contributed by atoms with E-state index in [1.54, 1.807) is 0 Å². The number of aromatic nitrogens is 1. The molecule has 0 spiro atoms. The lowest BCUT2D eigenvalue weighted by molar-refractivity contribution is 0.810. The van der Waals surface area contributed by atoms with Crippen LogP contribution in [0.5, 0.6) is 0 Å². The predicted molar refractivity (Wildman–Crippen MR) is 68.5 cm³/mol. The molecule has 0 aliphatic heterocycles. The van der Waals surface area contributed by atoms with Crippen LogP contribution in [0.1, 0.15) is 54.2 Å². The number of thiazole rings is 1. The molecule has 0 radical (unpaired) electrons. The SMILES string of the molecule is CCSCc1nc(C2CC2)c(C(C)N)s1. The zero-order valence-corrected chi connectivity index (χ0v) is 11.0. The van der Waals surface area contributed by atoms with E-state index in [1.807, 2.05) is 23.1 Å². The van der Waals surface area contributed by atoms with Crippen molar-refractivity contribution in [2.24, 2.45) is 5.73 Å². The summed E-state index contributed by atoms with van der Waals surface area (Å²) in [4.78, 5) is 6.07. The number of thioether (sulfide) groups is 1. The fraction of sp³-hybridized carbons (Fsp3) is 0.727. The molecule has 0 bridgehead atoms. The molecule has 1 aliphatic carbocycles. The van der Waals surface area contributed by atoms with Crippen molar-refractivity contribution in [3.05, 3.63) is 15.6 Å². The molecule has 2 rings (SSSR count). The summed E-state index contributed by atoms with van der Waals surface area (Å²) in [6.45, 7) is 4.25. The molecule has 4 heteroatoms. The average Bonchev–Trinajstić information content (AvgIpc) is 2.95. The maximum atomic E-state index is 5.99. The second-order valence-corrected chi connectivity index (χ2v) is 6.45. The summed E-state index contributed by atoms with van der Waals surface area (Å²) in [5, 5.41) is 1.26. The first kappa shape index (κ1) is 11.4. The number of rotatable bonds is 5. The van der Waals surface area contributed by atoms with Crippen LogP contribution in [-0.2, 0) is 5.75 Å². The van der Waals surface area contributed by atoms with Gasteiger partial charge < -0.3 is 5.73 Å². The summed E-state index contributed by atoms with van der Waals surface area (Å²) < 4.78 is 0. The van der Waals surface area contributed by atoms with E-state index in [1.165, 1.54) is 28.4 Å². The van der Waals surface area contributed by atoms with E-state index in [0.717, 1.165) is 17.4 Å². The Bertz CT molecular complexity index is 310. The highest BCUT2D eigenvalue weighted by atomic mass is 32.2. The second-order valence-electron chi connectivity index (χ2n) is 4.06. The van der Waals surface area contributed by atoms with Crippen LogP contribution in [0.2, 0.25) is 0 Å². The van der Waals surface area contributed by atoms with E-state index < -0.39 is 0 Å². The summed E-state index contributed by atoms with van der Waals surface area (Å²) in [5.74, 6) is 2.93. The minimum absolute atomic E-state index is 0.151. The molecule has 1 aliphatic rings. The molecule has 1 aromatic heterocycles. The zero-order valence-electron chi connectivity index (χ0n) is 9.32. The van der Waals surface area contributed by atoms with Crippen LogP contribution in [0.4, 0.5) is 0 Å². The smallest absolute Gasteiger partial charge is 0.103 e. The van der Waals surface area contributed by atoms with Crippen LogP contribution in [0, 0.1) is 0 Å². The van der Waals surface area contributed by atoms with Crippen LogP contribution in [-0.4, -0.2) is 10.7 Å². The maximum Gasteiger partial charge on any atom is 0.103 e. The van der Waals surface area contributed by atoms with E-state index in [2.05, 4.69) is 13.8 Å². The van der Waals surface area contributed by atoms with Crippen LogP contribution >= 0.6 is 23.1 Å². The van der Waals surface area contributed by atoms with Gasteiger partial charge in [-0.2, -0.15) is 11.8 Å². The summed E-state index contributed by atoms with van der Waals surface area (Å²) in [7, 11) is 0. The molecule has 2 N–H and O–H groups in total. The first-order chi connectivity index (χ1) is 7.22. The molecule has 1 unspecified atom stereocenters. The van der Waals surface area contributed by atoms with Crippen molar-refractivity contribution >= 4 is 23.1 Å². The van der Waals surface area contributed by atoms with Crippen molar-refractivity contribution in [2.75, 3.05) is 5.75 Å². The van der Waals surface area contributed by atoms with Gasteiger partial charge in [0, 0.05) is 22.6 Å². The highest BCUT2D eigenvalue weighted by Gasteiger charge is 2.30. The Morgan fingerprint density at radius 3 is 2.87 bits per heavy atom. The molecule has 1 atom stereocenters. The fourth-order valence-corrected chi connectivity index (χ4v) is 3.45. The lowest BCUT2D eigenvalue weighted by Crippen LogP contribution is -2.05. The van der Waals surface area contributed by atoms with Gasteiger partial charge in [-0.1, -0.05) is 6.92 Å². The molecule has 1 heterocycles. The van der Waals surface area contributed by atoms with Crippen molar-refractivity contribution in [1.29, 1.82) is 0 Å². The Hall–Kier alpha value is -0.0600. The topological polar surface area (TPSA) is 38.9 Å². The minimum Gasteiger partial charge on any atom is -0.323 e. The van der Waals surface area contributed by atoms with E-state index in [-0.39, 0.29) is 6.04 Å². The summed E-state index contributed by atoms with van der Waals surface area (Å²) in [6.07, 6.45) is 2.62. The van der Waals surface area contributed by atoms with E-state index in [9.17, 15) is 0 Å². The number of hydrogen-bond acceptors (Lipinski definition) is 4. The third-order valence-corrected chi connectivity index (χ3v) is 4.87. The summed E-state index contributed by atoms with van der Waals surface area (Å²) in [5.41, 5.74) is 7.29. The number of hydrogen-bond donors (Lipinski definition) is 1. The van der Waals surface area contributed by atoms with E-state index in [0.29, 0.717) is 0 Å². The van der Waals surface area contributed by atoms with Gasteiger partial charge in [-0.15, -0.1) is 11.3 Å². The van der Waals surface area contributed by atoms with E-state index >= 15 is 0 Å². The summed E-state index contributed by atoms with van der Waals surface area (Å²) >= 11 is 3.75. The average molecular weight is 242 g/mol. The molecule has 1 fully saturated rings. The lowest BCUT2D eigenvalue weighted by atomic mass is 10.2. The third-order valence-electron chi connectivity index (χ3n) is 2.53. The molecule has 15 heavy (non-hydrogen) atoms. The summed E-state index contributed by atoms with van der Waals surface area (Å²) in [6, 6.07) is 0.151. The highest BCUT2D eigenvalue weighted by molar-refractivity contribution is 7.98. The maximum absolute atomic E-state index is 5.99. The van der Waals surface area contributed by atoms with Gasteiger partial charge in [0.2, 0.25) is 0 Å². The predicted octanol–water partition coefficient (Wildman–Crippen LogP) is 3.29. The second kappa shape index (κ2) is 4.85. The number of nitrogens with zero attached hydrogens (tertiary/aromatic N) is 1. The van der Waals surface area contributed by atoms with Gasteiger partial charge >= 0.3 is 0 Å². The first-order valence-corrected chi connectivity index (χ1v) is 7.52. The van der Waals surface area contributed by atoms with Crippen LogP contribution < -0.4 is 5.73 Å². The third kappa shape index (κ3) is 2.74. The van der Waals surface area contributed by atoms with E-state index in [4.69, 9.17) is 10.7 Å². The van der Waals surface area contributed by atoms with Crippen LogP contribution in [0.15, 0.2) is 0 Å². The van der Waals surface area contributed by atoms with Crippen molar-refractivity contribution in [3.63, 3.8) is 0 Å². The van der Waals surface area contributed by atoms with Gasteiger partial charge in [0.25, 0.3) is 0 Å². The Balaban J connectivity index is 2.15. The Morgan fingerprint density at radius 2 is 2.33 bits per heavy atom. The molecule has 0 aromatic carbocycles. The molecule has 2 nitrogen and oxygen atoms in total. The Morgan fingerprint density at radius 1 is 1.60 bits per heavy atom. The van der Waals surface area contributed by atoms with Crippen LogP contribution in [0.3, 0.4) is 0 Å². The molecular formula is C11H18N2S2. The van der Waals surface area contributed by atoms with Gasteiger partial charge in [0.15, 0.2) is 0 Å². The molecular weight excluding hydrogens is 224 g/mol. The van der Waals surface area contributed by atoms with Crippen molar-refractivity contribution in [1.82, 2.24) is 4.98 Å². The molecule has 0 saturated heterocycles. The van der Waals surface area contributed by atoms with Gasteiger partial charge in [-0.3, -0.25) is 0 Å².